The Morgan fingerprint density at radius 2 is 1.77 bits per heavy atom. The first-order valence-electron chi connectivity index (χ1n) is 2.91. The van der Waals surface area contributed by atoms with Crippen LogP contribution >= 0.6 is 43.5 Å². The summed E-state index contributed by atoms with van der Waals surface area (Å²) in [5.74, 6) is 0. The first-order chi connectivity index (χ1) is 5.82. The van der Waals surface area contributed by atoms with Crippen molar-refractivity contribution in [3.63, 3.8) is 0 Å². The highest BCUT2D eigenvalue weighted by molar-refractivity contribution is 9.11. The zero-order valence-corrected chi connectivity index (χ0v) is 9.72. The van der Waals surface area contributed by atoms with Crippen molar-refractivity contribution in [3.8, 4) is 0 Å². The fourth-order valence-electron chi connectivity index (χ4n) is 0.643. The van der Waals surface area contributed by atoms with Gasteiger partial charge in [-0.3, -0.25) is 0 Å². The molecule has 0 spiro atoms. The lowest BCUT2D eigenvalue weighted by Gasteiger charge is -2.08. The van der Waals surface area contributed by atoms with E-state index in [4.69, 9.17) is 11.6 Å². The van der Waals surface area contributed by atoms with E-state index in [-0.39, 0.29) is 9.63 Å². The SMILES string of the molecule is FC(F)(F)c1nc(Cl)c(Br)cc1Br. The molecule has 1 aromatic rings. The zero-order chi connectivity index (χ0) is 10.2. The molecule has 1 aromatic heterocycles. The first-order valence-corrected chi connectivity index (χ1v) is 4.87. The second-order valence-electron chi connectivity index (χ2n) is 2.09. The molecular formula is C6HBr2ClF3N. The van der Waals surface area contributed by atoms with Crippen LogP contribution in [0.2, 0.25) is 5.15 Å². The van der Waals surface area contributed by atoms with Crippen molar-refractivity contribution in [2.75, 3.05) is 0 Å². The smallest absolute Gasteiger partial charge is 0.229 e. The molecule has 7 heteroatoms. The van der Waals surface area contributed by atoms with Crippen molar-refractivity contribution < 1.29 is 13.2 Å². The third-order valence-corrected chi connectivity index (χ3v) is 2.88. The van der Waals surface area contributed by atoms with Gasteiger partial charge in [0, 0.05) is 4.47 Å². The molecule has 13 heavy (non-hydrogen) atoms. The van der Waals surface area contributed by atoms with Crippen LogP contribution in [-0.4, -0.2) is 4.98 Å². The number of alkyl halides is 3. The summed E-state index contributed by atoms with van der Waals surface area (Å²) in [6.07, 6.45) is -4.50. The number of hydrogen-bond donors (Lipinski definition) is 0. The quantitative estimate of drug-likeness (QED) is 0.643. The third kappa shape index (κ3) is 2.57. The molecule has 0 N–H and O–H groups in total. The van der Waals surface area contributed by atoms with Crippen molar-refractivity contribution in [1.29, 1.82) is 0 Å². The van der Waals surface area contributed by atoms with Gasteiger partial charge >= 0.3 is 6.18 Å². The van der Waals surface area contributed by atoms with Crippen molar-refractivity contribution in [3.05, 3.63) is 25.9 Å². The maximum absolute atomic E-state index is 12.2. The van der Waals surface area contributed by atoms with Crippen LogP contribution in [0.25, 0.3) is 0 Å². The van der Waals surface area contributed by atoms with E-state index in [1.165, 1.54) is 6.07 Å². The average Bonchev–Trinajstić information content (AvgIpc) is 1.94. The summed E-state index contributed by atoms with van der Waals surface area (Å²) in [5.41, 5.74) is -1.03. The lowest BCUT2D eigenvalue weighted by Crippen LogP contribution is -2.09. The molecule has 0 bridgehead atoms. The molecule has 0 fully saturated rings. The number of aromatic nitrogens is 1. The van der Waals surface area contributed by atoms with E-state index in [2.05, 4.69) is 36.8 Å². The lowest BCUT2D eigenvalue weighted by molar-refractivity contribution is -0.141. The topological polar surface area (TPSA) is 12.9 Å². The summed E-state index contributed by atoms with van der Waals surface area (Å²) in [6, 6.07) is 1.21. The van der Waals surface area contributed by atoms with Gasteiger partial charge in [-0.05, 0) is 37.9 Å². The van der Waals surface area contributed by atoms with Gasteiger partial charge in [-0.1, -0.05) is 11.6 Å². The molecule has 0 unspecified atom stereocenters. The molecule has 1 rings (SSSR count). The van der Waals surface area contributed by atoms with Crippen LogP contribution in [0.1, 0.15) is 5.69 Å². The monoisotopic (exact) mass is 337 g/mol. The normalized spacial score (nSPS) is 11.8. The van der Waals surface area contributed by atoms with Crippen LogP contribution < -0.4 is 0 Å². The molecule has 72 valence electrons. The fourth-order valence-corrected chi connectivity index (χ4v) is 1.95. The van der Waals surface area contributed by atoms with Gasteiger partial charge in [0.2, 0.25) is 0 Å². The lowest BCUT2D eigenvalue weighted by atomic mass is 10.3. The van der Waals surface area contributed by atoms with Crippen molar-refractivity contribution in [1.82, 2.24) is 4.98 Å². The number of rotatable bonds is 0. The number of hydrogen-bond acceptors (Lipinski definition) is 1. The maximum atomic E-state index is 12.2. The first kappa shape index (κ1) is 11.3. The van der Waals surface area contributed by atoms with Gasteiger partial charge in [-0.2, -0.15) is 13.2 Å². The summed E-state index contributed by atoms with van der Waals surface area (Å²) in [7, 11) is 0. The highest BCUT2D eigenvalue weighted by Gasteiger charge is 2.35. The van der Waals surface area contributed by atoms with Crippen molar-refractivity contribution >= 4 is 43.5 Å². The Hall–Kier alpha value is 0.190. The van der Waals surface area contributed by atoms with Gasteiger partial charge in [0.1, 0.15) is 5.15 Å². The minimum atomic E-state index is -4.50. The zero-order valence-electron chi connectivity index (χ0n) is 5.79. The van der Waals surface area contributed by atoms with E-state index in [0.29, 0.717) is 4.47 Å². The molecule has 0 atom stereocenters. The van der Waals surface area contributed by atoms with Crippen LogP contribution in [0.5, 0.6) is 0 Å². The average molecular weight is 339 g/mol. The summed E-state index contributed by atoms with van der Waals surface area (Å²) < 4.78 is 36.8. The minimum Gasteiger partial charge on any atom is -0.229 e. The van der Waals surface area contributed by atoms with E-state index >= 15 is 0 Å². The Labute approximate surface area is 93.6 Å². The largest absolute Gasteiger partial charge is 0.434 e. The predicted octanol–water partition coefficient (Wildman–Crippen LogP) is 4.28. The predicted molar refractivity (Wildman–Crippen MR) is 49.6 cm³/mol. The Bertz CT molecular complexity index is 339. The van der Waals surface area contributed by atoms with E-state index < -0.39 is 11.9 Å². The molecule has 0 aliphatic heterocycles. The van der Waals surface area contributed by atoms with Crippen LogP contribution in [0.4, 0.5) is 13.2 Å². The van der Waals surface area contributed by atoms with Crippen molar-refractivity contribution in [2.24, 2.45) is 0 Å². The molecule has 0 aromatic carbocycles. The molecule has 0 saturated carbocycles. The second-order valence-corrected chi connectivity index (χ2v) is 4.16. The van der Waals surface area contributed by atoms with Gasteiger partial charge in [-0.15, -0.1) is 0 Å². The summed E-state index contributed by atoms with van der Waals surface area (Å²) in [6.45, 7) is 0. The number of pyridine rings is 1. The minimum absolute atomic E-state index is 0.142. The summed E-state index contributed by atoms with van der Waals surface area (Å²) in [4.78, 5) is 3.19. The highest BCUT2D eigenvalue weighted by Crippen LogP contribution is 2.36. The van der Waals surface area contributed by atoms with Crippen LogP contribution in [0.3, 0.4) is 0 Å². The van der Waals surface area contributed by atoms with Crippen LogP contribution in [0.15, 0.2) is 15.0 Å². The molecule has 0 saturated heterocycles. The fraction of sp³-hybridized carbons (Fsp3) is 0.167. The van der Waals surface area contributed by atoms with Crippen molar-refractivity contribution in [2.45, 2.75) is 6.18 Å². The van der Waals surface area contributed by atoms with E-state index in [9.17, 15) is 13.2 Å². The summed E-state index contributed by atoms with van der Waals surface area (Å²) in [5, 5.41) is -0.212. The molecule has 1 nitrogen and oxygen atoms in total. The molecule has 1 heterocycles. The summed E-state index contributed by atoms with van der Waals surface area (Å²) >= 11 is 11.1. The van der Waals surface area contributed by atoms with Gasteiger partial charge in [-0.25, -0.2) is 4.98 Å². The number of nitrogens with zero attached hydrogens (tertiary/aromatic N) is 1. The van der Waals surface area contributed by atoms with Gasteiger partial charge in [0.25, 0.3) is 0 Å². The van der Waals surface area contributed by atoms with Crippen LogP contribution in [0, 0.1) is 0 Å². The standard InChI is InChI=1S/C6HBr2ClF3N/c7-2-1-3(8)5(9)13-4(2)6(10,11)12/h1H. The van der Waals surface area contributed by atoms with Gasteiger partial charge in [0.05, 0.1) is 4.47 Å². The third-order valence-electron chi connectivity index (χ3n) is 1.16. The Morgan fingerprint density at radius 1 is 1.23 bits per heavy atom. The highest BCUT2D eigenvalue weighted by atomic mass is 79.9. The number of halogens is 6. The van der Waals surface area contributed by atoms with E-state index in [0.717, 1.165) is 0 Å². The van der Waals surface area contributed by atoms with Gasteiger partial charge in [0.15, 0.2) is 5.69 Å². The van der Waals surface area contributed by atoms with Crippen LogP contribution in [-0.2, 0) is 6.18 Å². The van der Waals surface area contributed by atoms with E-state index in [1.54, 1.807) is 0 Å². The molecular weight excluding hydrogens is 338 g/mol. The Morgan fingerprint density at radius 3 is 2.23 bits per heavy atom. The Kier molecular flexibility index (Phi) is 3.24. The molecule has 0 aliphatic carbocycles. The van der Waals surface area contributed by atoms with Gasteiger partial charge < -0.3 is 0 Å². The molecule has 0 aliphatic rings. The Balaban J connectivity index is 3.32. The molecule has 0 amide bonds. The van der Waals surface area contributed by atoms with E-state index in [1.807, 2.05) is 0 Å². The maximum Gasteiger partial charge on any atom is 0.434 e. The molecule has 0 radical (unpaired) electrons. The second kappa shape index (κ2) is 3.74.